The summed E-state index contributed by atoms with van der Waals surface area (Å²) >= 11 is 0. The molecule has 0 unspecified atom stereocenters. The summed E-state index contributed by atoms with van der Waals surface area (Å²) in [7, 11) is 0. The summed E-state index contributed by atoms with van der Waals surface area (Å²) in [6, 6.07) is 4.28. The van der Waals surface area contributed by atoms with Gasteiger partial charge in [-0.15, -0.1) is 0 Å². The minimum absolute atomic E-state index is 0.0659. The van der Waals surface area contributed by atoms with Gasteiger partial charge in [-0.3, -0.25) is 10.1 Å². The normalized spacial score (nSPS) is 10.2. The number of carboxylic acids is 1. The van der Waals surface area contributed by atoms with E-state index in [9.17, 15) is 14.9 Å². The molecule has 2 rings (SSSR count). The smallest absolute Gasteiger partial charge is 0.400 e. The van der Waals surface area contributed by atoms with Crippen molar-refractivity contribution in [2.75, 3.05) is 0 Å². The number of nitro groups is 1. The first-order valence-electron chi connectivity index (χ1n) is 5.09. The molecule has 1 N–H and O–H groups in total. The maximum atomic E-state index is 10.8. The molecule has 0 aliphatic carbocycles. The molecular formula is C11H8N2O6. The first-order valence-corrected chi connectivity index (χ1v) is 5.09. The van der Waals surface area contributed by atoms with Crippen molar-refractivity contribution in [3.05, 3.63) is 45.8 Å². The van der Waals surface area contributed by atoms with E-state index in [-0.39, 0.29) is 23.2 Å². The number of carbonyl (C=O) groups is 1. The molecule has 1 heterocycles. The Morgan fingerprint density at radius 2 is 2.26 bits per heavy atom. The van der Waals surface area contributed by atoms with E-state index in [2.05, 4.69) is 4.98 Å². The van der Waals surface area contributed by atoms with Crippen LogP contribution in [-0.4, -0.2) is 21.0 Å². The van der Waals surface area contributed by atoms with E-state index in [0.717, 1.165) is 11.8 Å². The highest BCUT2D eigenvalue weighted by atomic mass is 16.6. The number of nitrogens with zero attached hydrogens (tertiary/aromatic N) is 2. The van der Waals surface area contributed by atoms with E-state index in [1.54, 1.807) is 13.0 Å². The molecule has 0 spiro atoms. The summed E-state index contributed by atoms with van der Waals surface area (Å²) in [4.78, 5) is 24.3. The molecule has 0 fully saturated rings. The van der Waals surface area contributed by atoms with Crippen LogP contribution in [0.1, 0.15) is 16.1 Å². The average molecular weight is 264 g/mol. The number of hydrogen-bond donors (Lipinski definition) is 1. The van der Waals surface area contributed by atoms with Gasteiger partial charge in [0.25, 0.3) is 0 Å². The van der Waals surface area contributed by atoms with Crippen molar-refractivity contribution in [1.29, 1.82) is 0 Å². The number of oxazole rings is 1. The zero-order valence-electron chi connectivity index (χ0n) is 9.69. The number of hydrogen-bond acceptors (Lipinski definition) is 6. The zero-order valence-corrected chi connectivity index (χ0v) is 9.69. The Morgan fingerprint density at radius 1 is 1.53 bits per heavy atom. The lowest BCUT2D eigenvalue weighted by Gasteiger charge is -2.02. The Balaban J connectivity index is 2.33. The lowest BCUT2D eigenvalue weighted by atomic mass is 10.2. The third-order valence-corrected chi connectivity index (χ3v) is 2.21. The molecule has 98 valence electrons. The molecule has 8 heteroatoms. The predicted molar refractivity (Wildman–Crippen MR) is 61.4 cm³/mol. The lowest BCUT2D eigenvalue weighted by Crippen LogP contribution is -1.97. The molecular weight excluding hydrogens is 256 g/mol. The summed E-state index contributed by atoms with van der Waals surface area (Å²) in [5.41, 5.74) is 0.136. The Labute approximate surface area is 106 Å². The van der Waals surface area contributed by atoms with Crippen LogP contribution >= 0.6 is 0 Å². The Morgan fingerprint density at radius 3 is 2.84 bits per heavy atom. The molecule has 0 amide bonds. The number of aromatic carboxylic acids is 1. The van der Waals surface area contributed by atoms with Crippen molar-refractivity contribution in [3.8, 4) is 11.8 Å². The minimum atomic E-state index is -1.28. The number of nitro benzene ring substituents is 1. The summed E-state index contributed by atoms with van der Waals surface area (Å²) < 4.78 is 9.87. The highest BCUT2D eigenvalue weighted by Gasteiger charge is 2.19. The van der Waals surface area contributed by atoms with Gasteiger partial charge in [-0.25, -0.2) is 4.79 Å². The summed E-state index contributed by atoms with van der Waals surface area (Å²) in [6.07, 6.45) is 0.519. The second kappa shape index (κ2) is 4.77. The highest BCUT2D eigenvalue weighted by Crippen LogP contribution is 2.31. The molecule has 0 aliphatic rings. The molecule has 0 atom stereocenters. The Kier molecular flexibility index (Phi) is 3.15. The Hall–Kier alpha value is -2.90. The van der Waals surface area contributed by atoms with Crippen LogP contribution in [0.25, 0.3) is 0 Å². The van der Waals surface area contributed by atoms with Crippen molar-refractivity contribution < 1.29 is 24.0 Å². The quantitative estimate of drug-likeness (QED) is 0.665. The van der Waals surface area contributed by atoms with Crippen LogP contribution < -0.4 is 4.74 Å². The molecule has 0 saturated heterocycles. The minimum Gasteiger partial charge on any atom is -0.476 e. The zero-order chi connectivity index (χ0) is 14.0. The molecule has 19 heavy (non-hydrogen) atoms. The van der Waals surface area contributed by atoms with Crippen LogP contribution in [0.3, 0.4) is 0 Å². The van der Waals surface area contributed by atoms with Crippen LogP contribution in [0.2, 0.25) is 0 Å². The summed E-state index contributed by atoms with van der Waals surface area (Å²) in [6.45, 7) is 1.73. The van der Waals surface area contributed by atoms with Crippen molar-refractivity contribution in [3.63, 3.8) is 0 Å². The van der Waals surface area contributed by atoms with Crippen LogP contribution in [0.5, 0.6) is 11.8 Å². The van der Waals surface area contributed by atoms with Gasteiger partial charge in [0, 0.05) is 6.07 Å². The van der Waals surface area contributed by atoms with Crippen molar-refractivity contribution >= 4 is 11.7 Å². The van der Waals surface area contributed by atoms with E-state index in [0.29, 0.717) is 0 Å². The van der Waals surface area contributed by atoms with Crippen LogP contribution in [-0.2, 0) is 0 Å². The second-order valence-corrected chi connectivity index (χ2v) is 3.63. The van der Waals surface area contributed by atoms with Gasteiger partial charge in [0.05, 0.1) is 4.92 Å². The molecule has 0 saturated carbocycles. The third-order valence-electron chi connectivity index (χ3n) is 2.21. The van der Waals surface area contributed by atoms with Crippen LogP contribution in [0, 0.1) is 17.0 Å². The SMILES string of the molecule is Cc1ccc([N+](=O)[O-])c(Oc2nc(C(=O)O)co2)c1. The second-order valence-electron chi connectivity index (χ2n) is 3.63. The van der Waals surface area contributed by atoms with Gasteiger partial charge >= 0.3 is 17.7 Å². The topological polar surface area (TPSA) is 116 Å². The number of aromatic nitrogens is 1. The van der Waals surface area contributed by atoms with E-state index in [1.165, 1.54) is 12.1 Å². The average Bonchev–Trinajstić information content (AvgIpc) is 2.77. The lowest BCUT2D eigenvalue weighted by molar-refractivity contribution is -0.385. The van der Waals surface area contributed by atoms with E-state index >= 15 is 0 Å². The van der Waals surface area contributed by atoms with Gasteiger partial charge in [0.15, 0.2) is 5.69 Å². The van der Waals surface area contributed by atoms with Crippen molar-refractivity contribution in [2.45, 2.75) is 6.92 Å². The maximum absolute atomic E-state index is 10.8. The Bertz CT molecular complexity index is 648. The molecule has 1 aromatic heterocycles. The number of rotatable bonds is 4. The monoisotopic (exact) mass is 264 g/mol. The van der Waals surface area contributed by atoms with Crippen molar-refractivity contribution in [1.82, 2.24) is 4.98 Å². The van der Waals surface area contributed by atoms with E-state index in [1.807, 2.05) is 0 Å². The van der Waals surface area contributed by atoms with E-state index < -0.39 is 10.9 Å². The fourth-order valence-corrected chi connectivity index (χ4v) is 1.35. The fourth-order valence-electron chi connectivity index (χ4n) is 1.35. The van der Waals surface area contributed by atoms with Gasteiger partial charge in [-0.1, -0.05) is 6.07 Å². The van der Waals surface area contributed by atoms with Crippen LogP contribution in [0.15, 0.2) is 28.9 Å². The molecule has 0 radical (unpaired) electrons. The highest BCUT2D eigenvalue weighted by molar-refractivity contribution is 5.84. The van der Waals surface area contributed by atoms with Gasteiger partial charge in [-0.2, -0.15) is 4.98 Å². The predicted octanol–water partition coefficient (Wildman–Crippen LogP) is 2.38. The molecule has 8 nitrogen and oxygen atoms in total. The van der Waals surface area contributed by atoms with Gasteiger partial charge in [-0.05, 0) is 18.6 Å². The number of benzene rings is 1. The first kappa shape index (κ1) is 12.6. The largest absolute Gasteiger partial charge is 0.476 e. The van der Waals surface area contributed by atoms with E-state index in [4.69, 9.17) is 14.3 Å². The number of carboxylic acid groups (broad SMARTS) is 1. The number of ether oxygens (including phenoxy) is 1. The molecule has 0 aliphatic heterocycles. The molecule has 1 aromatic carbocycles. The van der Waals surface area contributed by atoms with Gasteiger partial charge in [0.1, 0.15) is 6.26 Å². The van der Waals surface area contributed by atoms with Crippen LogP contribution in [0.4, 0.5) is 5.69 Å². The number of aryl methyl sites for hydroxylation is 1. The first-order chi connectivity index (χ1) is 8.97. The summed E-state index contributed by atoms with van der Waals surface area (Å²) in [5, 5.41) is 19.5. The summed E-state index contributed by atoms with van der Waals surface area (Å²) in [5.74, 6) is -1.35. The fraction of sp³-hybridized carbons (Fsp3) is 0.0909. The van der Waals surface area contributed by atoms with Gasteiger partial charge < -0.3 is 14.3 Å². The van der Waals surface area contributed by atoms with Crippen molar-refractivity contribution in [2.24, 2.45) is 0 Å². The maximum Gasteiger partial charge on any atom is 0.400 e. The third kappa shape index (κ3) is 2.68. The standard InChI is InChI=1S/C11H8N2O6/c1-6-2-3-8(13(16)17)9(4-6)19-11-12-7(5-18-11)10(14)15/h2-5H,1H3,(H,14,15). The molecule has 2 aromatic rings. The molecule has 0 bridgehead atoms. The van der Waals surface area contributed by atoms with Gasteiger partial charge in [0.2, 0.25) is 5.75 Å².